The Kier molecular flexibility index (Phi) is 3.82. The minimum absolute atomic E-state index is 0.100. The Labute approximate surface area is 157 Å². The predicted molar refractivity (Wildman–Crippen MR) is 99.5 cm³/mol. The SMILES string of the molecule is O=C1c2cccc(O)c2C(=O)c2c(O)c(Nc3ccccc3)cc([N+](=O)[O-])c21. The quantitative estimate of drug-likeness (QED) is 0.283. The van der Waals surface area contributed by atoms with Crippen LogP contribution >= 0.6 is 0 Å². The molecule has 0 saturated heterocycles. The molecule has 4 rings (SSSR count). The third-order valence-corrected chi connectivity index (χ3v) is 4.50. The molecule has 8 nitrogen and oxygen atoms in total. The normalized spacial score (nSPS) is 12.3. The molecule has 0 fully saturated rings. The van der Waals surface area contributed by atoms with Gasteiger partial charge in [-0.05, 0) is 18.2 Å². The Morgan fingerprint density at radius 1 is 0.857 bits per heavy atom. The number of aromatic hydroxyl groups is 2. The summed E-state index contributed by atoms with van der Waals surface area (Å²) in [5.74, 6) is -2.71. The fourth-order valence-electron chi connectivity index (χ4n) is 3.25. The van der Waals surface area contributed by atoms with Crippen molar-refractivity contribution in [3.8, 4) is 11.5 Å². The van der Waals surface area contributed by atoms with E-state index in [-0.39, 0.29) is 16.8 Å². The average molecular weight is 376 g/mol. The maximum Gasteiger partial charge on any atom is 0.283 e. The number of anilines is 2. The zero-order chi connectivity index (χ0) is 20.0. The predicted octanol–water partition coefficient (Wildman–Crippen LogP) is 3.53. The van der Waals surface area contributed by atoms with E-state index in [9.17, 15) is 29.9 Å². The van der Waals surface area contributed by atoms with Gasteiger partial charge in [-0.25, -0.2) is 0 Å². The third kappa shape index (κ3) is 2.47. The van der Waals surface area contributed by atoms with Crippen LogP contribution in [0.4, 0.5) is 17.1 Å². The van der Waals surface area contributed by atoms with E-state index in [1.165, 1.54) is 18.2 Å². The molecule has 3 N–H and O–H groups in total. The van der Waals surface area contributed by atoms with Gasteiger partial charge < -0.3 is 15.5 Å². The summed E-state index contributed by atoms with van der Waals surface area (Å²) in [6.45, 7) is 0. The van der Waals surface area contributed by atoms with Gasteiger partial charge in [0.2, 0.25) is 11.6 Å². The van der Waals surface area contributed by atoms with Gasteiger partial charge in [-0.3, -0.25) is 19.7 Å². The summed E-state index contributed by atoms with van der Waals surface area (Å²) in [4.78, 5) is 36.6. The molecule has 0 unspecified atom stereocenters. The number of phenolic OH excluding ortho intramolecular Hbond substituents is 2. The summed E-state index contributed by atoms with van der Waals surface area (Å²) in [7, 11) is 0. The first-order valence-corrected chi connectivity index (χ1v) is 8.18. The lowest BCUT2D eigenvalue weighted by Crippen LogP contribution is -2.23. The number of phenols is 2. The summed E-state index contributed by atoms with van der Waals surface area (Å²) < 4.78 is 0. The number of ketones is 2. The second-order valence-electron chi connectivity index (χ2n) is 6.15. The highest BCUT2D eigenvalue weighted by atomic mass is 16.6. The standard InChI is InChI=1S/C20H12N2O6/c23-14-8-4-7-11-15(14)20(26)17-16(18(11)24)13(22(27)28)9-12(19(17)25)21-10-5-2-1-3-6-10/h1-9,21,23,25H. The molecular weight excluding hydrogens is 364 g/mol. The van der Waals surface area contributed by atoms with Gasteiger partial charge in [-0.1, -0.05) is 30.3 Å². The molecule has 0 aromatic heterocycles. The number of nitro benzene ring substituents is 1. The summed E-state index contributed by atoms with van der Waals surface area (Å²) >= 11 is 0. The van der Waals surface area contributed by atoms with Crippen LogP contribution in [-0.2, 0) is 0 Å². The zero-order valence-corrected chi connectivity index (χ0v) is 14.2. The fourth-order valence-corrected chi connectivity index (χ4v) is 3.25. The Hall–Kier alpha value is -4.20. The first-order chi connectivity index (χ1) is 13.4. The van der Waals surface area contributed by atoms with Crippen molar-refractivity contribution >= 4 is 28.6 Å². The van der Waals surface area contributed by atoms with Crippen LogP contribution in [0.15, 0.2) is 54.6 Å². The summed E-state index contributed by atoms with van der Waals surface area (Å²) in [5.41, 5.74) is -1.64. The van der Waals surface area contributed by atoms with Crippen LogP contribution in [0.2, 0.25) is 0 Å². The largest absolute Gasteiger partial charge is 0.507 e. The fraction of sp³-hybridized carbons (Fsp3) is 0. The topological polar surface area (TPSA) is 130 Å². The van der Waals surface area contributed by atoms with E-state index in [1.54, 1.807) is 30.3 Å². The van der Waals surface area contributed by atoms with Gasteiger partial charge in [0.05, 0.1) is 21.7 Å². The molecule has 0 amide bonds. The van der Waals surface area contributed by atoms with Gasteiger partial charge in [0, 0.05) is 17.3 Å². The average Bonchev–Trinajstić information content (AvgIpc) is 2.67. The number of rotatable bonds is 3. The highest BCUT2D eigenvalue weighted by molar-refractivity contribution is 6.32. The maximum absolute atomic E-state index is 13.0. The molecule has 0 heterocycles. The van der Waals surface area contributed by atoms with E-state index in [0.717, 1.165) is 6.07 Å². The summed E-state index contributed by atoms with van der Waals surface area (Å²) in [6.07, 6.45) is 0. The number of nitrogens with one attached hydrogen (secondary N) is 1. The van der Waals surface area contributed by atoms with Crippen LogP contribution in [0.3, 0.4) is 0 Å². The molecule has 138 valence electrons. The molecular formula is C20H12N2O6. The van der Waals surface area contributed by atoms with E-state index >= 15 is 0 Å². The number of hydrogen-bond donors (Lipinski definition) is 3. The molecule has 0 aliphatic heterocycles. The van der Waals surface area contributed by atoms with E-state index in [1.807, 2.05) is 0 Å². The van der Waals surface area contributed by atoms with Gasteiger partial charge in [0.15, 0.2) is 5.75 Å². The minimum atomic E-state index is -0.861. The van der Waals surface area contributed by atoms with Crippen molar-refractivity contribution in [3.05, 3.63) is 87.0 Å². The van der Waals surface area contributed by atoms with Crippen LogP contribution in [0.1, 0.15) is 31.8 Å². The van der Waals surface area contributed by atoms with Crippen LogP contribution in [-0.4, -0.2) is 26.7 Å². The molecule has 8 heteroatoms. The van der Waals surface area contributed by atoms with Crippen molar-refractivity contribution in [2.75, 3.05) is 5.32 Å². The highest BCUT2D eigenvalue weighted by Crippen LogP contribution is 2.44. The molecule has 3 aromatic carbocycles. The molecule has 0 bridgehead atoms. The molecule has 0 saturated carbocycles. The molecule has 1 aliphatic rings. The molecule has 1 aliphatic carbocycles. The summed E-state index contributed by atoms with van der Waals surface area (Å²) in [6, 6.07) is 13.4. The monoisotopic (exact) mass is 376 g/mol. The first kappa shape index (κ1) is 17.2. The van der Waals surface area contributed by atoms with E-state index in [2.05, 4.69) is 5.32 Å². The molecule has 28 heavy (non-hydrogen) atoms. The lowest BCUT2D eigenvalue weighted by molar-refractivity contribution is -0.385. The molecule has 0 spiro atoms. The number of fused-ring (bicyclic) bond motifs is 2. The lowest BCUT2D eigenvalue weighted by atomic mass is 9.82. The lowest BCUT2D eigenvalue weighted by Gasteiger charge is -2.21. The smallest absolute Gasteiger partial charge is 0.283 e. The maximum atomic E-state index is 13.0. The number of para-hydroxylation sites is 1. The van der Waals surface area contributed by atoms with Gasteiger partial charge in [0.25, 0.3) is 5.69 Å². The number of nitrogens with zero attached hydrogens (tertiary/aromatic N) is 1. The second-order valence-corrected chi connectivity index (χ2v) is 6.15. The Bertz CT molecular complexity index is 1170. The highest BCUT2D eigenvalue weighted by Gasteiger charge is 2.40. The van der Waals surface area contributed by atoms with Crippen LogP contribution < -0.4 is 5.32 Å². The number of benzene rings is 3. The van der Waals surface area contributed by atoms with Crippen molar-refractivity contribution < 1.29 is 24.7 Å². The van der Waals surface area contributed by atoms with E-state index < -0.39 is 44.8 Å². The van der Waals surface area contributed by atoms with Gasteiger partial charge >= 0.3 is 0 Å². The number of carbonyl (C=O) groups excluding carboxylic acids is 2. The van der Waals surface area contributed by atoms with Crippen LogP contribution in [0.5, 0.6) is 11.5 Å². The number of hydrogen-bond acceptors (Lipinski definition) is 7. The Balaban J connectivity index is 1.99. The minimum Gasteiger partial charge on any atom is -0.507 e. The second kappa shape index (κ2) is 6.20. The van der Waals surface area contributed by atoms with Crippen LogP contribution in [0, 0.1) is 10.1 Å². The van der Waals surface area contributed by atoms with Crippen molar-refractivity contribution in [2.45, 2.75) is 0 Å². The van der Waals surface area contributed by atoms with Gasteiger partial charge in [-0.2, -0.15) is 0 Å². The van der Waals surface area contributed by atoms with Crippen molar-refractivity contribution in [3.63, 3.8) is 0 Å². The van der Waals surface area contributed by atoms with Crippen molar-refractivity contribution in [1.29, 1.82) is 0 Å². The van der Waals surface area contributed by atoms with Crippen LogP contribution in [0.25, 0.3) is 0 Å². The zero-order valence-electron chi connectivity index (χ0n) is 14.2. The van der Waals surface area contributed by atoms with E-state index in [0.29, 0.717) is 5.69 Å². The molecule has 0 atom stereocenters. The molecule has 0 radical (unpaired) electrons. The first-order valence-electron chi connectivity index (χ1n) is 8.18. The third-order valence-electron chi connectivity index (χ3n) is 4.50. The number of nitro groups is 1. The summed E-state index contributed by atoms with van der Waals surface area (Å²) in [5, 5.41) is 35.1. The van der Waals surface area contributed by atoms with E-state index in [4.69, 9.17) is 0 Å². The van der Waals surface area contributed by atoms with Gasteiger partial charge in [0.1, 0.15) is 11.3 Å². The Morgan fingerprint density at radius 3 is 2.25 bits per heavy atom. The van der Waals surface area contributed by atoms with Crippen molar-refractivity contribution in [1.82, 2.24) is 0 Å². The van der Waals surface area contributed by atoms with Gasteiger partial charge in [-0.15, -0.1) is 0 Å². The molecule has 3 aromatic rings. The Morgan fingerprint density at radius 2 is 1.57 bits per heavy atom. The number of carbonyl (C=O) groups is 2. The van der Waals surface area contributed by atoms with Crippen molar-refractivity contribution in [2.24, 2.45) is 0 Å².